The zero-order valence-electron chi connectivity index (χ0n) is 20.7. The molecular formula is C27H23N5O6. The molecule has 0 saturated heterocycles. The van der Waals surface area contributed by atoms with Crippen molar-refractivity contribution in [2.24, 2.45) is 5.73 Å². The van der Waals surface area contributed by atoms with Gasteiger partial charge in [0.05, 0.1) is 50.2 Å². The number of methoxy groups -OCH3 is 3. The monoisotopic (exact) mass is 513 g/mol. The van der Waals surface area contributed by atoms with Gasteiger partial charge >= 0.3 is 17.9 Å². The second kappa shape index (κ2) is 10.7. The Hall–Kier alpha value is -5.37. The number of nitrogens with zero attached hydrogens (tertiary/aromatic N) is 3. The number of nitriles is 1. The minimum absolute atomic E-state index is 0.0439. The normalized spacial score (nSPS) is 15.1. The van der Waals surface area contributed by atoms with Crippen molar-refractivity contribution in [3.63, 3.8) is 0 Å². The number of nitrogens with one attached hydrogen (secondary N) is 1. The minimum Gasteiger partial charge on any atom is -0.466 e. The van der Waals surface area contributed by atoms with E-state index >= 15 is 0 Å². The summed E-state index contributed by atoms with van der Waals surface area (Å²) in [5, 5.41) is 16.9. The highest BCUT2D eigenvalue weighted by Crippen LogP contribution is 2.43. The van der Waals surface area contributed by atoms with Crippen LogP contribution in [0, 0.1) is 11.3 Å². The number of carbonyl (C=O) groups is 3. The molecule has 11 nitrogen and oxygen atoms in total. The molecule has 11 heteroatoms. The van der Waals surface area contributed by atoms with Crippen LogP contribution in [0.2, 0.25) is 0 Å². The third-order valence-corrected chi connectivity index (χ3v) is 5.99. The quantitative estimate of drug-likeness (QED) is 0.370. The molecule has 0 aliphatic carbocycles. The minimum atomic E-state index is -0.976. The number of benzene rings is 2. The van der Waals surface area contributed by atoms with Gasteiger partial charge in [0.1, 0.15) is 17.2 Å². The number of rotatable bonds is 6. The highest BCUT2D eigenvalue weighted by molar-refractivity contribution is 6.06. The fraction of sp³-hybridized carbons (Fsp3) is 0.148. The van der Waals surface area contributed by atoms with Gasteiger partial charge in [-0.1, -0.05) is 42.5 Å². The Morgan fingerprint density at radius 3 is 2.26 bits per heavy atom. The van der Waals surface area contributed by atoms with E-state index in [1.807, 2.05) is 0 Å². The van der Waals surface area contributed by atoms with E-state index in [0.717, 1.165) is 0 Å². The zero-order chi connectivity index (χ0) is 27.4. The number of carbonyl (C=O) groups excluding carboxylic acids is 3. The van der Waals surface area contributed by atoms with Crippen molar-refractivity contribution in [2.75, 3.05) is 26.2 Å². The molecule has 1 aliphatic rings. The lowest BCUT2D eigenvalue weighted by Gasteiger charge is -2.36. The van der Waals surface area contributed by atoms with Crippen LogP contribution in [0.3, 0.4) is 0 Å². The Morgan fingerprint density at radius 1 is 0.947 bits per heavy atom. The average Bonchev–Trinajstić information content (AvgIpc) is 3.46. The van der Waals surface area contributed by atoms with Gasteiger partial charge in [-0.25, -0.2) is 14.4 Å². The molecule has 0 bridgehead atoms. The number of nitrogens with two attached hydrogens (primary N) is 1. The van der Waals surface area contributed by atoms with Crippen LogP contribution < -0.4 is 10.6 Å². The molecule has 192 valence electrons. The van der Waals surface area contributed by atoms with Crippen molar-refractivity contribution in [3.8, 4) is 17.3 Å². The number of esters is 3. The summed E-state index contributed by atoms with van der Waals surface area (Å²) < 4.78 is 14.8. The van der Waals surface area contributed by atoms with Gasteiger partial charge in [-0.05, 0) is 23.8 Å². The average molecular weight is 514 g/mol. The predicted octanol–water partition coefficient (Wildman–Crippen LogP) is 2.76. The number of H-pyrrole nitrogens is 1. The Morgan fingerprint density at radius 2 is 1.63 bits per heavy atom. The van der Waals surface area contributed by atoms with Crippen molar-refractivity contribution in [1.82, 2.24) is 10.2 Å². The summed E-state index contributed by atoms with van der Waals surface area (Å²) in [6.07, 6.45) is 0. The van der Waals surface area contributed by atoms with E-state index in [-0.39, 0.29) is 28.4 Å². The molecule has 0 radical (unpaired) electrons. The fourth-order valence-electron chi connectivity index (χ4n) is 4.27. The molecule has 2 aromatic carbocycles. The van der Waals surface area contributed by atoms with Gasteiger partial charge in [-0.3, -0.25) is 10.00 Å². The molecule has 1 aliphatic heterocycles. The van der Waals surface area contributed by atoms with Crippen LogP contribution in [-0.4, -0.2) is 49.4 Å². The molecule has 3 aromatic rings. The molecular weight excluding hydrogens is 490 g/mol. The lowest BCUT2D eigenvalue weighted by molar-refractivity contribution is -0.139. The Balaban J connectivity index is 1.96. The number of allylic oxidation sites excluding steroid dienone is 1. The largest absolute Gasteiger partial charge is 0.466 e. The van der Waals surface area contributed by atoms with E-state index in [0.29, 0.717) is 22.5 Å². The SMILES string of the molecule is COC(=O)C1=C(C(=O)OC)N(c2cccc(-c3cc(C(=O)OC)[nH]n3)c2)C(N)=C(C#N)C1c1ccccc1. The first-order chi connectivity index (χ1) is 18.4. The van der Waals surface area contributed by atoms with E-state index in [4.69, 9.17) is 19.9 Å². The zero-order valence-corrected chi connectivity index (χ0v) is 20.7. The van der Waals surface area contributed by atoms with Crippen LogP contribution in [0.15, 0.2) is 83.3 Å². The Kier molecular flexibility index (Phi) is 7.25. The molecule has 2 heterocycles. The van der Waals surface area contributed by atoms with Gasteiger partial charge in [-0.2, -0.15) is 10.4 Å². The van der Waals surface area contributed by atoms with E-state index in [9.17, 15) is 19.6 Å². The number of aromatic nitrogens is 2. The number of ether oxygens (including phenoxy) is 3. The van der Waals surface area contributed by atoms with Gasteiger partial charge in [-0.15, -0.1) is 0 Å². The van der Waals surface area contributed by atoms with E-state index < -0.39 is 23.8 Å². The van der Waals surface area contributed by atoms with Crippen LogP contribution in [-0.2, 0) is 23.8 Å². The third kappa shape index (κ3) is 4.46. The Labute approximate surface area is 217 Å². The molecule has 1 aromatic heterocycles. The molecule has 4 rings (SSSR count). The molecule has 0 amide bonds. The summed E-state index contributed by atoms with van der Waals surface area (Å²) >= 11 is 0. The van der Waals surface area contributed by atoms with Crippen LogP contribution in [0.1, 0.15) is 22.0 Å². The highest BCUT2D eigenvalue weighted by Gasteiger charge is 2.43. The topological polar surface area (TPSA) is 161 Å². The van der Waals surface area contributed by atoms with E-state index in [1.165, 1.54) is 32.3 Å². The molecule has 1 unspecified atom stereocenters. The van der Waals surface area contributed by atoms with Crippen molar-refractivity contribution < 1.29 is 28.6 Å². The first-order valence-corrected chi connectivity index (χ1v) is 11.3. The van der Waals surface area contributed by atoms with Gasteiger partial charge < -0.3 is 19.9 Å². The first-order valence-electron chi connectivity index (χ1n) is 11.3. The summed E-state index contributed by atoms with van der Waals surface area (Å²) in [5.41, 5.74) is 8.29. The number of aromatic amines is 1. The molecule has 0 spiro atoms. The maximum absolute atomic E-state index is 13.2. The summed E-state index contributed by atoms with van der Waals surface area (Å²) in [6.45, 7) is 0. The summed E-state index contributed by atoms with van der Waals surface area (Å²) in [5.74, 6) is -3.31. The molecule has 0 fully saturated rings. The van der Waals surface area contributed by atoms with Crippen molar-refractivity contribution in [2.45, 2.75) is 5.92 Å². The fourth-order valence-corrected chi connectivity index (χ4v) is 4.27. The summed E-state index contributed by atoms with van der Waals surface area (Å²) in [4.78, 5) is 39.5. The van der Waals surface area contributed by atoms with Gasteiger partial charge in [0.15, 0.2) is 0 Å². The van der Waals surface area contributed by atoms with Crippen LogP contribution in [0.5, 0.6) is 0 Å². The molecule has 3 N–H and O–H groups in total. The van der Waals surface area contributed by atoms with Gasteiger partial charge in [0.2, 0.25) is 0 Å². The lowest BCUT2D eigenvalue weighted by atomic mass is 9.81. The van der Waals surface area contributed by atoms with Crippen molar-refractivity contribution in [3.05, 3.63) is 94.6 Å². The smallest absolute Gasteiger partial charge is 0.356 e. The van der Waals surface area contributed by atoms with Crippen LogP contribution in [0.4, 0.5) is 5.69 Å². The lowest BCUT2D eigenvalue weighted by Crippen LogP contribution is -2.40. The number of anilines is 1. The standard InChI is InChI=1S/C27H23N5O6/c1-36-25(33)20-13-19(30-31-20)16-10-7-11-17(12-16)32-23(27(35)38-3)22(26(34)37-2)21(18(14-28)24(32)29)15-8-5-4-6-9-15/h4-13,21H,29H2,1-3H3,(H,30,31). The van der Waals surface area contributed by atoms with Gasteiger partial charge in [0, 0.05) is 11.3 Å². The third-order valence-electron chi connectivity index (χ3n) is 5.99. The number of hydrogen-bond donors (Lipinski definition) is 2. The van der Waals surface area contributed by atoms with Crippen molar-refractivity contribution in [1.29, 1.82) is 5.26 Å². The second-order valence-electron chi connectivity index (χ2n) is 8.04. The molecule has 38 heavy (non-hydrogen) atoms. The maximum Gasteiger partial charge on any atom is 0.356 e. The van der Waals surface area contributed by atoms with Gasteiger partial charge in [0.25, 0.3) is 0 Å². The Bertz CT molecular complexity index is 1520. The second-order valence-corrected chi connectivity index (χ2v) is 8.04. The van der Waals surface area contributed by atoms with Crippen molar-refractivity contribution >= 4 is 23.6 Å². The molecule has 0 saturated carbocycles. The summed E-state index contributed by atoms with van der Waals surface area (Å²) in [7, 11) is 3.61. The van der Waals surface area contributed by atoms with Crippen LogP contribution in [0.25, 0.3) is 11.3 Å². The van der Waals surface area contributed by atoms with Crippen LogP contribution >= 0.6 is 0 Å². The first kappa shape index (κ1) is 25.7. The predicted molar refractivity (Wildman–Crippen MR) is 135 cm³/mol. The maximum atomic E-state index is 13.2. The van der Waals surface area contributed by atoms with E-state index in [2.05, 4.69) is 16.3 Å². The highest BCUT2D eigenvalue weighted by atomic mass is 16.5. The number of hydrogen-bond acceptors (Lipinski definition) is 10. The summed E-state index contributed by atoms with van der Waals surface area (Å²) in [6, 6.07) is 19.0. The molecule has 1 atom stereocenters. The van der Waals surface area contributed by atoms with E-state index in [1.54, 1.807) is 54.6 Å².